The topological polar surface area (TPSA) is 29.5 Å². The fourth-order valence-electron chi connectivity index (χ4n) is 1.83. The van der Waals surface area contributed by atoms with E-state index in [1.54, 1.807) is 0 Å². The highest BCUT2D eigenvalue weighted by atomic mass is 16.5. The fourth-order valence-corrected chi connectivity index (χ4v) is 1.83. The van der Waals surface area contributed by atoms with Gasteiger partial charge in [-0.2, -0.15) is 0 Å². The number of ether oxygens (including phenoxy) is 1. The third-order valence-corrected chi connectivity index (χ3v) is 2.75. The largest absolute Gasteiger partial charge is 0.462 e. The standard InChI is InChI=1S/C15H17NO2/c1-2-18-15(17)14-8-10-16(11-9-14)12-13-6-4-3-5-7-13/h3-10H,2,11-12H2,1H3. The van der Waals surface area contributed by atoms with E-state index in [0.717, 1.165) is 13.1 Å². The molecule has 0 atom stereocenters. The highest BCUT2D eigenvalue weighted by molar-refractivity contribution is 5.91. The van der Waals surface area contributed by atoms with Gasteiger partial charge in [0.05, 0.1) is 12.2 Å². The minimum absolute atomic E-state index is 0.242. The van der Waals surface area contributed by atoms with Crippen molar-refractivity contribution in [1.29, 1.82) is 0 Å². The van der Waals surface area contributed by atoms with Crippen molar-refractivity contribution in [2.24, 2.45) is 0 Å². The minimum atomic E-state index is -0.242. The zero-order valence-corrected chi connectivity index (χ0v) is 10.5. The first-order chi connectivity index (χ1) is 8.79. The van der Waals surface area contributed by atoms with Gasteiger partial charge in [0.25, 0.3) is 0 Å². The molecule has 1 aromatic carbocycles. The van der Waals surface area contributed by atoms with Crippen molar-refractivity contribution in [3.8, 4) is 0 Å². The normalized spacial score (nSPS) is 14.3. The number of hydrogen-bond acceptors (Lipinski definition) is 3. The van der Waals surface area contributed by atoms with Gasteiger partial charge >= 0.3 is 5.97 Å². The Kier molecular flexibility index (Phi) is 4.18. The van der Waals surface area contributed by atoms with E-state index in [9.17, 15) is 4.79 Å². The fraction of sp³-hybridized carbons (Fsp3) is 0.267. The molecular weight excluding hydrogens is 226 g/mol. The molecule has 0 unspecified atom stereocenters. The summed E-state index contributed by atoms with van der Waals surface area (Å²) in [6, 6.07) is 10.3. The SMILES string of the molecule is CCOC(=O)C1=CCN(Cc2ccccc2)C=C1. The van der Waals surface area contributed by atoms with Gasteiger partial charge in [0.1, 0.15) is 0 Å². The van der Waals surface area contributed by atoms with Crippen molar-refractivity contribution in [3.05, 3.63) is 59.8 Å². The molecule has 2 rings (SSSR count). The van der Waals surface area contributed by atoms with E-state index in [0.29, 0.717) is 12.2 Å². The van der Waals surface area contributed by atoms with Crippen molar-refractivity contribution in [1.82, 2.24) is 4.90 Å². The van der Waals surface area contributed by atoms with E-state index < -0.39 is 0 Å². The van der Waals surface area contributed by atoms with E-state index in [4.69, 9.17) is 4.74 Å². The Morgan fingerprint density at radius 1 is 1.33 bits per heavy atom. The summed E-state index contributed by atoms with van der Waals surface area (Å²) in [6.45, 7) is 3.81. The molecule has 0 aromatic heterocycles. The van der Waals surface area contributed by atoms with Crippen LogP contribution in [0, 0.1) is 0 Å². The van der Waals surface area contributed by atoms with Crippen LogP contribution < -0.4 is 0 Å². The predicted molar refractivity (Wildman–Crippen MR) is 70.7 cm³/mol. The lowest BCUT2D eigenvalue weighted by Gasteiger charge is -2.22. The maximum absolute atomic E-state index is 11.5. The predicted octanol–water partition coefficient (Wildman–Crippen LogP) is 2.51. The lowest BCUT2D eigenvalue weighted by atomic mass is 10.1. The molecule has 3 nitrogen and oxygen atoms in total. The lowest BCUT2D eigenvalue weighted by molar-refractivity contribution is -0.138. The van der Waals surface area contributed by atoms with E-state index >= 15 is 0 Å². The number of benzene rings is 1. The molecule has 0 fully saturated rings. The van der Waals surface area contributed by atoms with E-state index in [1.165, 1.54) is 5.56 Å². The summed E-state index contributed by atoms with van der Waals surface area (Å²) in [5, 5.41) is 0. The number of rotatable bonds is 4. The molecule has 1 aliphatic rings. The van der Waals surface area contributed by atoms with Crippen LogP contribution in [0.15, 0.2) is 54.3 Å². The van der Waals surface area contributed by atoms with Gasteiger partial charge in [-0.1, -0.05) is 36.4 Å². The second kappa shape index (κ2) is 6.05. The van der Waals surface area contributed by atoms with Crippen molar-refractivity contribution < 1.29 is 9.53 Å². The smallest absolute Gasteiger partial charge is 0.337 e. The van der Waals surface area contributed by atoms with Crippen LogP contribution in [-0.4, -0.2) is 24.0 Å². The Balaban J connectivity index is 1.91. The van der Waals surface area contributed by atoms with Crippen LogP contribution >= 0.6 is 0 Å². The van der Waals surface area contributed by atoms with Crippen molar-refractivity contribution in [2.45, 2.75) is 13.5 Å². The van der Waals surface area contributed by atoms with Crippen LogP contribution in [0.2, 0.25) is 0 Å². The maximum Gasteiger partial charge on any atom is 0.337 e. The summed E-state index contributed by atoms with van der Waals surface area (Å²) >= 11 is 0. The van der Waals surface area contributed by atoms with Crippen LogP contribution in [0.3, 0.4) is 0 Å². The molecule has 18 heavy (non-hydrogen) atoms. The summed E-state index contributed by atoms with van der Waals surface area (Å²) < 4.78 is 4.96. The average Bonchev–Trinajstić information content (AvgIpc) is 2.41. The molecule has 3 heteroatoms. The molecule has 94 valence electrons. The van der Waals surface area contributed by atoms with Crippen LogP contribution in [0.25, 0.3) is 0 Å². The number of hydrogen-bond donors (Lipinski definition) is 0. The Labute approximate surface area is 107 Å². The number of esters is 1. The molecular formula is C15H17NO2. The molecule has 0 spiro atoms. The number of carbonyl (C=O) groups is 1. The quantitative estimate of drug-likeness (QED) is 0.761. The maximum atomic E-state index is 11.5. The molecule has 0 saturated carbocycles. The van der Waals surface area contributed by atoms with Gasteiger partial charge < -0.3 is 9.64 Å². The highest BCUT2D eigenvalue weighted by Gasteiger charge is 2.12. The number of nitrogens with zero attached hydrogens (tertiary/aromatic N) is 1. The Hall–Kier alpha value is -2.03. The summed E-state index contributed by atoms with van der Waals surface area (Å²) in [7, 11) is 0. The van der Waals surface area contributed by atoms with Crippen molar-refractivity contribution in [3.63, 3.8) is 0 Å². The molecule has 1 aromatic rings. The highest BCUT2D eigenvalue weighted by Crippen LogP contribution is 2.12. The van der Waals surface area contributed by atoms with Gasteiger partial charge in [0.2, 0.25) is 0 Å². The summed E-state index contributed by atoms with van der Waals surface area (Å²) in [4.78, 5) is 13.7. The molecule has 1 aliphatic heterocycles. The first-order valence-corrected chi connectivity index (χ1v) is 6.13. The van der Waals surface area contributed by atoms with Gasteiger partial charge in [-0.05, 0) is 18.6 Å². The van der Waals surface area contributed by atoms with Crippen LogP contribution in [0.4, 0.5) is 0 Å². The molecule has 0 radical (unpaired) electrons. The Morgan fingerprint density at radius 3 is 2.72 bits per heavy atom. The first kappa shape index (κ1) is 12.4. The van der Waals surface area contributed by atoms with Crippen molar-refractivity contribution in [2.75, 3.05) is 13.2 Å². The van der Waals surface area contributed by atoms with Gasteiger partial charge in [-0.3, -0.25) is 0 Å². The Morgan fingerprint density at radius 2 is 2.11 bits per heavy atom. The third-order valence-electron chi connectivity index (χ3n) is 2.75. The Bertz CT molecular complexity index is 463. The molecule has 0 amide bonds. The van der Waals surface area contributed by atoms with Crippen LogP contribution in [-0.2, 0) is 16.1 Å². The van der Waals surface area contributed by atoms with Crippen molar-refractivity contribution >= 4 is 5.97 Å². The lowest BCUT2D eigenvalue weighted by Crippen LogP contribution is -2.21. The molecule has 0 bridgehead atoms. The van der Waals surface area contributed by atoms with E-state index in [-0.39, 0.29) is 5.97 Å². The summed E-state index contributed by atoms with van der Waals surface area (Å²) in [6.07, 6.45) is 5.66. The zero-order valence-electron chi connectivity index (χ0n) is 10.5. The van der Waals surface area contributed by atoms with Crippen LogP contribution in [0.5, 0.6) is 0 Å². The van der Waals surface area contributed by atoms with Gasteiger partial charge in [0, 0.05) is 19.3 Å². The minimum Gasteiger partial charge on any atom is -0.462 e. The molecule has 0 aliphatic carbocycles. The summed E-state index contributed by atoms with van der Waals surface area (Å²) in [5.74, 6) is -0.242. The zero-order chi connectivity index (χ0) is 12.8. The van der Waals surface area contributed by atoms with Crippen LogP contribution in [0.1, 0.15) is 12.5 Å². The summed E-state index contributed by atoms with van der Waals surface area (Å²) in [5.41, 5.74) is 1.90. The van der Waals surface area contributed by atoms with Gasteiger partial charge in [-0.15, -0.1) is 0 Å². The third kappa shape index (κ3) is 3.23. The molecule has 1 heterocycles. The molecule has 0 N–H and O–H groups in total. The molecule has 0 saturated heterocycles. The van der Waals surface area contributed by atoms with E-state index in [1.807, 2.05) is 43.5 Å². The second-order valence-corrected chi connectivity index (χ2v) is 4.11. The second-order valence-electron chi connectivity index (χ2n) is 4.11. The van der Waals surface area contributed by atoms with Gasteiger partial charge in [0.15, 0.2) is 0 Å². The van der Waals surface area contributed by atoms with Gasteiger partial charge in [-0.25, -0.2) is 4.79 Å². The monoisotopic (exact) mass is 243 g/mol. The first-order valence-electron chi connectivity index (χ1n) is 6.13. The average molecular weight is 243 g/mol. The van der Waals surface area contributed by atoms with E-state index in [2.05, 4.69) is 17.0 Å². The number of carbonyl (C=O) groups excluding carboxylic acids is 1.